The van der Waals surface area contributed by atoms with Crippen molar-refractivity contribution >= 4 is 28.5 Å². The SMILES string of the molecule is COc1ccccc1Cn1c(CCNC(=O)c2ccccc2Cl)nc2ccccc21. The van der Waals surface area contributed by atoms with Gasteiger partial charge in [0.15, 0.2) is 0 Å². The van der Waals surface area contributed by atoms with E-state index in [-0.39, 0.29) is 5.91 Å². The van der Waals surface area contributed by atoms with Crippen molar-refractivity contribution in [2.75, 3.05) is 13.7 Å². The van der Waals surface area contributed by atoms with Gasteiger partial charge in [0, 0.05) is 18.5 Å². The molecule has 5 nitrogen and oxygen atoms in total. The first kappa shape index (κ1) is 20.0. The molecule has 0 spiro atoms. The molecule has 0 bridgehead atoms. The van der Waals surface area contributed by atoms with E-state index in [4.69, 9.17) is 21.3 Å². The summed E-state index contributed by atoms with van der Waals surface area (Å²) in [6.07, 6.45) is 0.597. The Morgan fingerprint density at radius 1 is 1.03 bits per heavy atom. The van der Waals surface area contributed by atoms with Crippen LogP contribution in [0.4, 0.5) is 0 Å². The fourth-order valence-corrected chi connectivity index (χ4v) is 3.75. The fraction of sp³-hybridized carbons (Fsp3) is 0.167. The van der Waals surface area contributed by atoms with Crippen molar-refractivity contribution in [2.24, 2.45) is 0 Å². The number of hydrogen-bond donors (Lipinski definition) is 1. The van der Waals surface area contributed by atoms with Gasteiger partial charge in [-0.15, -0.1) is 0 Å². The van der Waals surface area contributed by atoms with E-state index >= 15 is 0 Å². The van der Waals surface area contributed by atoms with Crippen LogP contribution in [0, 0.1) is 0 Å². The van der Waals surface area contributed by atoms with Crippen molar-refractivity contribution < 1.29 is 9.53 Å². The highest BCUT2D eigenvalue weighted by Gasteiger charge is 2.14. The van der Waals surface area contributed by atoms with E-state index in [0.717, 1.165) is 28.2 Å². The number of benzene rings is 3. The monoisotopic (exact) mass is 419 g/mol. The lowest BCUT2D eigenvalue weighted by molar-refractivity contribution is 0.0954. The number of para-hydroxylation sites is 3. The second-order valence-electron chi connectivity index (χ2n) is 6.90. The number of imidazole rings is 1. The highest BCUT2D eigenvalue weighted by atomic mass is 35.5. The smallest absolute Gasteiger partial charge is 0.252 e. The molecule has 0 saturated heterocycles. The lowest BCUT2D eigenvalue weighted by atomic mass is 10.2. The van der Waals surface area contributed by atoms with Crippen molar-refractivity contribution in [3.05, 3.63) is 94.8 Å². The van der Waals surface area contributed by atoms with Crippen LogP contribution in [0.25, 0.3) is 11.0 Å². The molecule has 1 amide bonds. The van der Waals surface area contributed by atoms with E-state index in [1.54, 1.807) is 31.4 Å². The molecule has 0 atom stereocenters. The van der Waals surface area contributed by atoms with Gasteiger partial charge in [0.25, 0.3) is 5.91 Å². The van der Waals surface area contributed by atoms with Crippen LogP contribution in [0.15, 0.2) is 72.8 Å². The summed E-state index contributed by atoms with van der Waals surface area (Å²) >= 11 is 6.12. The first-order valence-electron chi connectivity index (χ1n) is 9.76. The molecular formula is C24H22ClN3O2. The number of amides is 1. The minimum absolute atomic E-state index is 0.187. The number of carbonyl (C=O) groups is 1. The summed E-state index contributed by atoms with van der Waals surface area (Å²) in [5.41, 5.74) is 3.53. The number of halogens is 1. The predicted molar refractivity (Wildman–Crippen MR) is 119 cm³/mol. The second kappa shape index (κ2) is 9.01. The Morgan fingerprint density at radius 2 is 1.77 bits per heavy atom. The minimum atomic E-state index is -0.187. The van der Waals surface area contributed by atoms with Crippen LogP contribution in [-0.2, 0) is 13.0 Å². The Kier molecular flexibility index (Phi) is 6.00. The molecule has 0 aliphatic heterocycles. The van der Waals surface area contributed by atoms with Crippen LogP contribution in [0.5, 0.6) is 5.75 Å². The summed E-state index contributed by atoms with van der Waals surface area (Å²) in [6.45, 7) is 1.09. The van der Waals surface area contributed by atoms with Crippen molar-refractivity contribution in [2.45, 2.75) is 13.0 Å². The molecule has 0 aliphatic carbocycles. The van der Waals surface area contributed by atoms with Gasteiger partial charge in [0.05, 0.1) is 35.3 Å². The second-order valence-corrected chi connectivity index (χ2v) is 7.31. The standard InChI is InChI=1S/C24H22ClN3O2/c1-30-22-13-7-2-8-17(22)16-28-21-12-6-5-11-20(21)27-23(28)14-15-26-24(29)18-9-3-4-10-19(18)25/h2-13H,14-16H2,1H3,(H,26,29). The lowest BCUT2D eigenvalue weighted by Gasteiger charge is -2.13. The Balaban J connectivity index is 1.56. The Bertz CT molecular complexity index is 1190. The van der Waals surface area contributed by atoms with Crippen molar-refractivity contribution in [3.8, 4) is 5.75 Å². The third-order valence-corrected chi connectivity index (χ3v) is 5.34. The van der Waals surface area contributed by atoms with Crippen LogP contribution in [-0.4, -0.2) is 29.1 Å². The Hall–Kier alpha value is -3.31. The lowest BCUT2D eigenvalue weighted by Crippen LogP contribution is -2.26. The number of aromatic nitrogens is 2. The number of ether oxygens (including phenoxy) is 1. The largest absolute Gasteiger partial charge is 0.496 e. The minimum Gasteiger partial charge on any atom is -0.496 e. The normalized spacial score (nSPS) is 10.9. The summed E-state index contributed by atoms with van der Waals surface area (Å²) in [7, 11) is 1.68. The molecule has 152 valence electrons. The molecular weight excluding hydrogens is 398 g/mol. The van der Waals surface area contributed by atoms with E-state index in [0.29, 0.717) is 30.1 Å². The third-order valence-electron chi connectivity index (χ3n) is 5.01. The van der Waals surface area contributed by atoms with Crippen LogP contribution < -0.4 is 10.1 Å². The quantitative estimate of drug-likeness (QED) is 0.471. The summed E-state index contributed by atoms with van der Waals surface area (Å²) < 4.78 is 7.69. The van der Waals surface area contributed by atoms with Crippen molar-refractivity contribution in [1.82, 2.24) is 14.9 Å². The van der Waals surface area contributed by atoms with E-state index < -0.39 is 0 Å². The van der Waals surface area contributed by atoms with Crippen molar-refractivity contribution in [1.29, 1.82) is 0 Å². The molecule has 0 fully saturated rings. The molecule has 6 heteroatoms. The number of rotatable bonds is 7. The molecule has 4 aromatic rings. The average Bonchev–Trinajstić information content (AvgIpc) is 3.11. The molecule has 0 unspecified atom stereocenters. The molecule has 1 heterocycles. The number of carbonyl (C=O) groups excluding carboxylic acids is 1. The van der Waals surface area contributed by atoms with Crippen molar-refractivity contribution in [3.63, 3.8) is 0 Å². The summed E-state index contributed by atoms with van der Waals surface area (Å²) in [5.74, 6) is 1.56. The van der Waals surface area contributed by atoms with E-state index in [2.05, 4.69) is 22.0 Å². The first-order valence-corrected chi connectivity index (χ1v) is 10.1. The molecule has 30 heavy (non-hydrogen) atoms. The van der Waals surface area contributed by atoms with Crippen LogP contribution in [0.3, 0.4) is 0 Å². The molecule has 3 aromatic carbocycles. The number of fused-ring (bicyclic) bond motifs is 1. The molecule has 4 rings (SSSR count). The Morgan fingerprint density at radius 3 is 2.60 bits per heavy atom. The van der Waals surface area contributed by atoms with Gasteiger partial charge in [-0.2, -0.15) is 0 Å². The molecule has 1 aromatic heterocycles. The van der Waals surface area contributed by atoms with Gasteiger partial charge < -0.3 is 14.6 Å². The maximum atomic E-state index is 12.4. The summed E-state index contributed by atoms with van der Waals surface area (Å²) in [4.78, 5) is 17.2. The zero-order valence-corrected chi connectivity index (χ0v) is 17.4. The van der Waals surface area contributed by atoms with Gasteiger partial charge in [-0.3, -0.25) is 4.79 Å². The molecule has 0 radical (unpaired) electrons. The topological polar surface area (TPSA) is 56.1 Å². The predicted octanol–water partition coefficient (Wildman–Crippen LogP) is 4.72. The van der Waals surface area contributed by atoms with Gasteiger partial charge in [0.2, 0.25) is 0 Å². The van der Waals surface area contributed by atoms with Crippen LogP contribution >= 0.6 is 11.6 Å². The summed E-state index contributed by atoms with van der Waals surface area (Å²) in [5, 5.41) is 3.39. The maximum Gasteiger partial charge on any atom is 0.252 e. The number of nitrogens with zero attached hydrogens (tertiary/aromatic N) is 2. The number of methoxy groups -OCH3 is 1. The van der Waals surface area contributed by atoms with Crippen LogP contribution in [0.1, 0.15) is 21.7 Å². The Labute approximate surface area is 180 Å². The number of nitrogens with one attached hydrogen (secondary N) is 1. The van der Waals surface area contributed by atoms with Gasteiger partial charge in [-0.25, -0.2) is 4.98 Å². The zero-order valence-electron chi connectivity index (χ0n) is 16.6. The average molecular weight is 420 g/mol. The maximum absolute atomic E-state index is 12.4. The van der Waals surface area contributed by atoms with Crippen LogP contribution in [0.2, 0.25) is 5.02 Å². The highest BCUT2D eigenvalue weighted by Crippen LogP contribution is 2.23. The van der Waals surface area contributed by atoms with E-state index in [1.165, 1.54) is 0 Å². The number of hydrogen-bond acceptors (Lipinski definition) is 3. The zero-order chi connectivity index (χ0) is 20.9. The molecule has 1 N–H and O–H groups in total. The van der Waals surface area contributed by atoms with E-state index in [9.17, 15) is 4.79 Å². The van der Waals surface area contributed by atoms with Gasteiger partial charge >= 0.3 is 0 Å². The summed E-state index contributed by atoms with van der Waals surface area (Å²) in [6, 6.07) is 23.0. The van der Waals surface area contributed by atoms with Gasteiger partial charge in [-0.05, 0) is 30.3 Å². The first-order chi connectivity index (χ1) is 14.7. The molecule has 0 saturated carbocycles. The highest BCUT2D eigenvalue weighted by molar-refractivity contribution is 6.33. The van der Waals surface area contributed by atoms with Gasteiger partial charge in [0.1, 0.15) is 11.6 Å². The molecule has 0 aliphatic rings. The third kappa shape index (κ3) is 4.16. The van der Waals surface area contributed by atoms with E-state index in [1.807, 2.05) is 36.4 Å². The van der Waals surface area contributed by atoms with Gasteiger partial charge in [-0.1, -0.05) is 54.1 Å². The fourth-order valence-electron chi connectivity index (χ4n) is 3.53.